The predicted molar refractivity (Wildman–Crippen MR) is 111 cm³/mol. The second kappa shape index (κ2) is 9.43. The standard InChI is InChI=1S/C20H15Cl2F2NO3S/c1-11-6-13(21)2-4-16(11)27-9-12-7-18(29-10-12)19(26)25-14-3-5-17(15(22)8-14)28-20(23)24/h2-8,10,20H,9H2,1H3,(H,25,26). The van der Waals surface area contributed by atoms with E-state index in [4.69, 9.17) is 27.9 Å². The molecule has 0 saturated heterocycles. The zero-order valence-electron chi connectivity index (χ0n) is 15.0. The van der Waals surface area contributed by atoms with Crippen LogP contribution in [-0.2, 0) is 6.61 Å². The van der Waals surface area contributed by atoms with Gasteiger partial charge in [0.1, 0.15) is 18.1 Å². The molecule has 1 heterocycles. The van der Waals surface area contributed by atoms with Crippen molar-refractivity contribution in [2.24, 2.45) is 0 Å². The number of benzene rings is 2. The molecule has 0 aliphatic heterocycles. The van der Waals surface area contributed by atoms with Crippen LogP contribution in [0.5, 0.6) is 11.5 Å². The number of amides is 1. The minimum atomic E-state index is -2.98. The van der Waals surface area contributed by atoms with Crippen molar-refractivity contribution in [3.63, 3.8) is 0 Å². The summed E-state index contributed by atoms with van der Waals surface area (Å²) in [6.07, 6.45) is 0. The van der Waals surface area contributed by atoms with Gasteiger partial charge >= 0.3 is 6.61 Å². The molecule has 2 aromatic carbocycles. The van der Waals surface area contributed by atoms with Crippen LogP contribution in [0.25, 0.3) is 0 Å². The zero-order valence-corrected chi connectivity index (χ0v) is 17.4. The first-order chi connectivity index (χ1) is 13.8. The lowest BCUT2D eigenvalue weighted by atomic mass is 10.2. The third-order valence-electron chi connectivity index (χ3n) is 3.81. The quantitative estimate of drug-likeness (QED) is 0.424. The summed E-state index contributed by atoms with van der Waals surface area (Å²) < 4.78 is 34.6. The van der Waals surface area contributed by atoms with Crippen LogP contribution in [0.15, 0.2) is 47.8 Å². The molecule has 3 rings (SSSR count). The van der Waals surface area contributed by atoms with Crippen LogP contribution in [0, 0.1) is 6.92 Å². The zero-order chi connectivity index (χ0) is 21.0. The molecule has 0 atom stereocenters. The summed E-state index contributed by atoms with van der Waals surface area (Å²) in [5.41, 5.74) is 2.12. The number of anilines is 1. The molecule has 0 unspecified atom stereocenters. The normalized spacial score (nSPS) is 10.8. The number of thiophene rings is 1. The highest BCUT2D eigenvalue weighted by molar-refractivity contribution is 7.12. The van der Waals surface area contributed by atoms with E-state index in [1.165, 1.54) is 29.5 Å². The summed E-state index contributed by atoms with van der Waals surface area (Å²) in [5.74, 6) is 0.211. The average Bonchev–Trinajstić information content (AvgIpc) is 3.12. The number of carbonyl (C=O) groups is 1. The molecule has 0 spiro atoms. The van der Waals surface area contributed by atoms with Crippen molar-refractivity contribution >= 4 is 46.1 Å². The highest BCUT2D eigenvalue weighted by atomic mass is 35.5. The van der Waals surface area contributed by atoms with Gasteiger partial charge in [0.15, 0.2) is 0 Å². The maximum atomic E-state index is 12.4. The predicted octanol–water partition coefficient (Wildman–Crippen LogP) is 6.80. The van der Waals surface area contributed by atoms with Gasteiger partial charge in [-0.3, -0.25) is 4.79 Å². The molecule has 0 aliphatic rings. The SMILES string of the molecule is Cc1cc(Cl)ccc1OCc1csc(C(=O)Nc2ccc(OC(F)F)c(Cl)c2)c1. The maximum absolute atomic E-state index is 12.4. The van der Waals surface area contributed by atoms with Gasteiger partial charge in [-0.25, -0.2) is 0 Å². The lowest BCUT2D eigenvalue weighted by Crippen LogP contribution is -2.10. The fraction of sp³-hybridized carbons (Fsp3) is 0.150. The number of nitrogens with one attached hydrogen (secondary N) is 1. The molecule has 1 N–H and O–H groups in total. The minimum absolute atomic E-state index is 0.0262. The van der Waals surface area contributed by atoms with E-state index in [1.807, 2.05) is 18.4 Å². The second-order valence-corrected chi connectivity index (χ2v) is 7.75. The van der Waals surface area contributed by atoms with Crippen LogP contribution < -0.4 is 14.8 Å². The Balaban J connectivity index is 1.61. The van der Waals surface area contributed by atoms with Crippen LogP contribution in [0.3, 0.4) is 0 Å². The third-order valence-corrected chi connectivity index (χ3v) is 5.32. The van der Waals surface area contributed by atoms with Crippen molar-refractivity contribution in [3.8, 4) is 11.5 Å². The fourth-order valence-corrected chi connectivity index (χ4v) is 3.71. The van der Waals surface area contributed by atoms with E-state index in [0.29, 0.717) is 27.9 Å². The molecule has 0 aliphatic carbocycles. The molecule has 0 saturated carbocycles. The van der Waals surface area contributed by atoms with Crippen LogP contribution in [0.2, 0.25) is 10.0 Å². The third kappa shape index (κ3) is 5.82. The monoisotopic (exact) mass is 457 g/mol. The van der Waals surface area contributed by atoms with Gasteiger partial charge in [0.2, 0.25) is 0 Å². The number of hydrogen-bond acceptors (Lipinski definition) is 4. The Bertz CT molecular complexity index is 1030. The minimum Gasteiger partial charge on any atom is -0.489 e. The van der Waals surface area contributed by atoms with Crippen molar-refractivity contribution in [2.45, 2.75) is 20.1 Å². The first-order valence-corrected chi connectivity index (χ1v) is 9.97. The summed E-state index contributed by atoms with van der Waals surface area (Å²) in [7, 11) is 0. The van der Waals surface area contributed by atoms with E-state index in [9.17, 15) is 13.6 Å². The Hall–Kier alpha value is -2.35. The van der Waals surface area contributed by atoms with Crippen molar-refractivity contribution in [2.75, 3.05) is 5.32 Å². The topological polar surface area (TPSA) is 47.6 Å². The summed E-state index contributed by atoms with van der Waals surface area (Å²) in [6.45, 7) is -0.773. The molecular weight excluding hydrogens is 443 g/mol. The van der Waals surface area contributed by atoms with Gasteiger partial charge in [-0.15, -0.1) is 11.3 Å². The van der Waals surface area contributed by atoms with Gasteiger partial charge in [-0.05, 0) is 60.3 Å². The lowest BCUT2D eigenvalue weighted by molar-refractivity contribution is -0.0497. The van der Waals surface area contributed by atoms with Crippen LogP contribution in [0.1, 0.15) is 20.8 Å². The molecule has 29 heavy (non-hydrogen) atoms. The van der Waals surface area contributed by atoms with Crippen molar-refractivity contribution < 1.29 is 23.0 Å². The highest BCUT2D eigenvalue weighted by Crippen LogP contribution is 2.29. The first-order valence-electron chi connectivity index (χ1n) is 8.34. The molecule has 9 heteroatoms. The largest absolute Gasteiger partial charge is 0.489 e. The van der Waals surface area contributed by atoms with E-state index in [2.05, 4.69) is 10.1 Å². The molecule has 0 fully saturated rings. The first kappa shape index (κ1) is 21.4. The molecule has 4 nitrogen and oxygen atoms in total. The Labute approximate surface area is 180 Å². The van der Waals surface area contributed by atoms with Gasteiger partial charge in [0.05, 0.1) is 9.90 Å². The molecule has 152 valence electrons. The highest BCUT2D eigenvalue weighted by Gasteiger charge is 2.13. The number of aryl methyl sites for hydroxylation is 1. The number of rotatable bonds is 7. The Kier molecular flexibility index (Phi) is 6.95. The molecule has 0 bridgehead atoms. The summed E-state index contributed by atoms with van der Waals surface area (Å²) >= 11 is 13.1. The Morgan fingerprint density at radius 1 is 1.14 bits per heavy atom. The Morgan fingerprint density at radius 2 is 1.90 bits per heavy atom. The van der Waals surface area contributed by atoms with E-state index in [-0.39, 0.29) is 16.7 Å². The van der Waals surface area contributed by atoms with E-state index in [1.54, 1.807) is 18.2 Å². The maximum Gasteiger partial charge on any atom is 0.387 e. The van der Waals surface area contributed by atoms with Gasteiger partial charge in [-0.2, -0.15) is 8.78 Å². The fourth-order valence-electron chi connectivity index (χ4n) is 2.47. The van der Waals surface area contributed by atoms with E-state index >= 15 is 0 Å². The molecule has 3 aromatic rings. The summed E-state index contributed by atoms with van der Waals surface area (Å²) in [6, 6.07) is 11.1. The van der Waals surface area contributed by atoms with Gasteiger partial charge in [0, 0.05) is 16.3 Å². The van der Waals surface area contributed by atoms with Gasteiger partial charge < -0.3 is 14.8 Å². The number of carbonyl (C=O) groups excluding carboxylic acids is 1. The molecular formula is C20H15Cl2F2NO3S. The second-order valence-electron chi connectivity index (χ2n) is 6.00. The van der Waals surface area contributed by atoms with Crippen LogP contribution >= 0.6 is 34.5 Å². The average molecular weight is 458 g/mol. The van der Waals surface area contributed by atoms with Crippen LogP contribution in [0.4, 0.5) is 14.5 Å². The van der Waals surface area contributed by atoms with E-state index in [0.717, 1.165) is 11.1 Å². The Morgan fingerprint density at radius 3 is 2.59 bits per heavy atom. The smallest absolute Gasteiger partial charge is 0.387 e. The number of alkyl halides is 2. The summed E-state index contributed by atoms with van der Waals surface area (Å²) in [4.78, 5) is 12.9. The van der Waals surface area contributed by atoms with Crippen molar-refractivity contribution in [1.29, 1.82) is 0 Å². The number of ether oxygens (including phenoxy) is 2. The van der Waals surface area contributed by atoms with Crippen molar-refractivity contribution in [3.05, 3.63) is 73.9 Å². The van der Waals surface area contributed by atoms with Gasteiger partial charge in [0.25, 0.3) is 5.91 Å². The molecule has 1 amide bonds. The number of halogens is 4. The van der Waals surface area contributed by atoms with Crippen LogP contribution in [-0.4, -0.2) is 12.5 Å². The van der Waals surface area contributed by atoms with E-state index < -0.39 is 6.61 Å². The summed E-state index contributed by atoms with van der Waals surface area (Å²) in [5, 5.41) is 5.11. The van der Waals surface area contributed by atoms with Crippen molar-refractivity contribution in [1.82, 2.24) is 0 Å². The molecule has 0 radical (unpaired) electrons. The van der Waals surface area contributed by atoms with Gasteiger partial charge in [-0.1, -0.05) is 23.2 Å². The molecule has 1 aromatic heterocycles. The lowest BCUT2D eigenvalue weighted by Gasteiger charge is -2.09. The number of hydrogen-bond donors (Lipinski definition) is 1.